The molecule has 0 aliphatic carbocycles. The highest BCUT2D eigenvalue weighted by molar-refractivity contribution is 7.76. The number of ether oxygens (including phenoxy) is 2. The third-order valence-corrected chi connectivity index (χ3v) is 8.70. The van der Waals surface area contributed by atoms with E-state index in [4.69, 9.17) is 9.47 Å². The van der Waals surface area contributed by atoms with Crippen molar-refractivity contribution in [2.75, 3.05) is 21.3 Å². The van der Waals surface area contributed by atoms with Gasteiger partial charge in [0.15, 0.2) is 0 Å². The van der Waals surface area contributed by atoms with Crippen LogP contribution in [0.2, 0.25) is 0 Å². The Kier molecular flexibility index (Phi) is 6.99. The highest BCUT2D eigenvalue weighted by atomic mass is 31.2. The molecule has 3 aromatic rings. The van der Waals surface area contributed by atoms with E-state index >= 15 is 0 Å². The first kappa shape index (κ1) is 22.1. The Hall–Kier alpha value is -2.59. The van der Waals surface area contributed by atoms with E-state index in [0.29, 0.717) is 22.1 Å². The SMILES string of the molecule is COc1cccc([P@](=O)(c2ccccc2OC)N(C)[C@@H](C)[C@H](O)c2ccccc2)c1. The summed E-state index contributed by atoms with van der Waals surface area (Å²) < 4.78 is 27.5. The smallest absolute Gasteiger partial charge is 0.211 e. The van der Waals surface area contributed by atoms with Crippen molar-refractivity contribution in [2.24, 2.45) is 0 Å². The molecular weight excluding hydrogens is 397 g/mol. The topological polar surface area (TPSA) is 59.0 Å². The van der Waals surface area contributed by atoms with Gasteiger partial charge in [-0.25, -0.2) is 4.67 Å². The van der Waals surface area contributed by atoms with Crippen LogP contribution in [0.5, 0.6) is 11.5 Å². The Morgan fingerprint density at radius 2 is 1.57 bits per heavy atom. The molecule has 0 heterocycles. The molecule has 0 unspecified atom stereocenters. The van der Waals surface area contributed by atoms with Crippen LogP contribution in [0, 0.1) is 0 Å². The van der Waals surface area contributed by atoms with Gasteiger partial charge in [0.2, 0.25) is 7.29 Å². The minimum Gasteiger partial charge on any atom is -0.497 e. The Morgan fingerprint density at radius 3 is 2.23 bits per heavy atom. The summed E-state index contributed by atoms with van der Waals surface area (Å²) in [6.07, 6.45) is -0.815. The molecule has 0 aliphatic rings. The molecule has 5 nitrogen and oxygen atoms in total. The van der Waals surface area contributed by atoms with Crippen molar-refractivity contribution in [3.8, 4) is 11.5 Å². The molecule has 0 aliphatic heterocycles. The summed E-state index contributed by atoms with van der Waals surface area (Å²) in [5.41, 5.74) is 0.772. The highest BCUT2D eigenvalue weighted by Gasteiger charge is 2.39. The Labute approximate surface area is 178 Å². The van der Waals surface area contributed by atoms with Gasteiger partial charge < -0.3 is 14.6 Å². The second kappa shape index (κ2) is 9.48. The normalized spacial score (nSPS) is 15.3. The van der Waals surface area contributed by atoms with Crippen molar-refractivity contribution < 1.29 is 19.1 Å². The number of aliphatic hydroxyl groups is 1. The molecule has 0 saturated heterocycles. The minimum atomic E-state index is -3.37. The van der Waals surface area contributed by atoms with E-state index in [1.807, 2.05) is 73.7 Å². The summed E-state index contributed by atoms with van der Waals surface area (Å²) in [7, 11) is 1.56. The lowest BCUT2D eigenvalue weighted by Crippen LogP contribution is -2.39. The zero-order valence-electron chi connectivity index (χ0n) is 17.7. The first-order chi connectivity index (χ1) is 14.4. The Balaban J connectivity index is 2.15. The van der Waals surface area contributed by atoms with Crippen LogP contribution >= 0.6 is 7.29 Å². The predicted molar refractivity (Wildman–Crippen MR) is 121 cm³/mol. The number of likely N-dealkylation sites (N-methyl/N-ethyl adjacent to an activating group) is 1. The molecule has 3 rings (SSSR count). The minimum absolute atomic E-state index is 0.436. The van der Waals surface area contributed by atoms with Crippen LogP contribution in [0.25, 0.3) is 0 Å². The summed E-state index contributed by atoms with van der Waals surface area (Å²) >= 11 is 0. The van der Waals surface area contributed by atoms with Gasteiger partial charge in [0.1, 0.15) is 11.5 Å². The van der Waals surface area contributed by atoms with E-state index in [0.717, 1.165) is 5.56 Å². The van der Waals surface area contributed by atoms with Crippen LogP contribution in [-0.4, -0.2) is 37.1 Å². The molecule has 3 atom stereocenters. The fraction of sp³-hybridized carbons (Fsp3) is 0.250. The predicted octanol–water partition coefficient (Wildman–Crippen LogP) is 3.99. The summed E-state index contributed by atoms with van der Waals surface area (Å²) in [6, 6.07) is 23.5. The van der Waals surface area contributed by atoms with Crippen molar-refractivity contribution in [1.29, 1.82) is 0 Å². The van der Waals surface area contributed by atoms with Gasteiger partial charge in [-0.1, -0.05) is 48.5 Å². The number of rotatable bonds is 8. The molecule has 0 spiro atoms. The molecule has 6 heteroatoms. The molecule has 30 heavy (non-hydrogen) atoms. The van der Waals surface area contributed by atoms with Crippen LogP contribution in [0.1, 0.15) is 18.6 Å². The highest BCUT2D eigenvalue weighted by Crippen LogP contribution is 2.51. The molecule has 0 aromatic heterocycles. The van der Waals surface area contributed by atoms with Crippen LogP contribution in [-0.2, 0) is 4.57 Å². The number of aliphatic hydroxyl groups excluding tert-OH is 1. The monoisotopic (exact) mass is 425 g/mol. The lowest BCUT2D eigenvalue weighted by molar-refractivity contribution is 0.108. The number of hydrogen-bond acceptors (Lipinski definition) is 4. The number of para-hydroxylation sites is 1. The van der Waals surface area contributed by atoms with Gasteiger partial charge in [0, 0.05) is 11.3 Å². The number of methoxy groups -OCH3 is 2. The van der Waals surface area contributed by atoms with E-state index in [9.17, 15) is 9.67 Å². The average Bonchev–Trinajstić information content (AvgIpc) is 2.82. The average molecular weight is 425 g/mol. The lowest BCUT2D eigenvalue weighted by Gasteiger charge is -2.36. The standard InChI is InChI=1S/C24H28NO4P/c1-18(24(26)19-11-6-5-7-12-19)25(2)30(27,21-14-10-13-20(17-21)28-3)23-16-9-8-15-22(23)29-4/h5-18,24,26H,1-4H3/t18-,24-,30-/m0/s1. The molecule has 0 radical (unpaired) electrons. The third-order valence-electron chi connectivity index (χ3n) is 5.45. The van der Waals surface area contributed by atoms with Crippen LogP contribution in [0.15, 0.2) is 78.9 Å². The molecule has 0 bridgehead atoms. The molecule has 0 fully saturated rings. The van der Waals surface area contributed by atoms with Crippen molar-refractivity contribution in [3.05, 3.63) is 84.4 Å². The Morgan fingerprint density at radius 1 is 0.900 bits per heavy atom. The van der Waals surface area contributed by atoms with Crippen LogP contribution in [0.4, 0.5) is 0 Å². The van der Waals surface area contributed by atoms with Crippen molar-refractivity contribution >= 4 is 17.9 Å². The van der Waals surface area contributed by atoms with Gasteiger partial charge >= 0.3 is 0 Å². The summed E-state index contributed by atoms with van der Waals surface area (Å²) in [6.45, 7) is 1.87. The van der Waals surface area contributed by atoms with Crippen molar-refractivity contribution in [3.63, 3.8) is 0 Å². The van der Waals surface area contributed by atoms with Gasteiger partial charge in [0.05, 0.1) is 25.6 Å². The zero-order chi connectivity index (χ0) is 21.7. The molecule has 158 valence electrons. The maximum Gasteiger partial charge on any atom is 0.211 e. The fourth-order valence-electron chi connectivity index (χ4n) is 3.56. The van der Waals surface area contributed by atoms with E-state index in [1.54, 1.807) is 38.1 Å². The van der Waals surface area contributed by atoms with Crippen LogP contribution < -0.4 is 20.1 Å². The van der Waals surface area contributed by atoms with Crippen molar-refractivity contribution in [2.45, 2.75) is 19.1 Å². The first-order valence-electron chi connectivity index (χ1n) is 9.78. The second-order valence-electron chi connectivity index (χ2n) is 7.12. The van der Waals surface area contributed by atoms with E-state index in [-0.39, 0.29) is 0 Å². The fourth-order valence-corrected chi connectivity index (χ4v) is 6.52. The number of hydrogen-bond donors (Lipinski definition) is 1. The van der Waals surface area contributed by atoms with Gasteiger partial charge in [-0.2, -0.15) is 0 Å². The van der Waals surface area contributed by atoms with E-state index < -0.39 is 19.4 Å². The molecular formula is C24H28NO4P. The molecule has 0 saturated carbocycles. The van der Waals surface area contributed by atoms with Gasteiger partial charge in [0.25, 0.3) is 0 Å². The summed E-state index contributed by atoms with van der Waals surface area (Å²) in [5.74, 6) is 1.16. The molecule has 1 N–H and O–H groups in total. The van der Waals surface area contributed by atoms with Crippen LogP contribution in [0.3, 0.4) is 0 Å². The van der Waals surface area contributed by atoms with Crippen molar-refractivity contribution in [1.82, 2.24) is 4.67 Å². The van der Waals surface area contributed by atoms with E-state index in [2.05, 4.69) is 0 Å². The summed E-state index contributed by atoms with van der Waals surface area (Å²) in [5, 5.41) is 12.2. The maximum atomic E-state index is 14.8. The maximum absolute atomic E-state index is 14.8. The largest absolute Gasteiger partial charge is 0.497 e. The van der Waals surface area contributed by atoms with E-state index in [1.165, 1.54) is 0 Å². The first-order valence-corrected chi connectivity index (χ1v) is 11.4. The van der Waals surface area contributed by atoms with Gasteiger partial charge in [-0.3, -0.25) is 4.57 Å². The lowest BCUT2D eigenvalue weighted by atomic mass is 10.0. The van der Waals surface area contributed by atoms with Gasteiger partial charge in [-0.15, -0.1) is 0 Å². The second-order valence-corrected chi connectivity index (χ2v) is 9.90. The number of nitrogens with zero attached hydrogens (tertiary/aromatic N) is 1. The molecule has 3 aromatic carbocycles. The quantitative estimate of drug-likeness (QED) is 0.553. The Bertz CT molecular complexity index is 1020. The summed E-state index contributed by atoms with van der Waals surface area (Å²) in [4.78, 5) is 0. The zero-order valence-corrected chi connectivity index (χ0v) is 18.6. The third kappa shape index (κ3) is 4.15. The number of benzene rings is 3. The molecule has 0 amide bonds. The van der Waals surface area contributed by atoms with Gasteiger partial charge in [-0.05, 0) is 49.9 Å².